The third-order valence-corrected chi connectivity index (χ3v) is 2.68. The van der Waals surface area contributed by atoms with Crippen molar-refractivity contribution in [2.75, 3.05) is 13.2 Å². The lowest BCUT2D eigenvalue weighted by Crippen LogP contribution is -2.36. The summed E-state index contributed by atoms with van der Waals surface area (Å²) >= 11 is 0. The summed E-state index contributed by atoms with van der Waals surface area (Å²) in [6.07, 6.45) is -4.31. The molecule has 0 atom stereocenters. The molecule has 0 aliphatic carbocycles. The van der Waals surface area contributed by atoms with Crippen molar-refractivity contribution >= 4 is 6.03 Å². The van der Waals surface area contributed by atoms with Gasteiger partial charge in [0.2, 0.25) is 0 Å². The number of carbonyl (C=O) groups is 1. The van der Waals surface area contributed by atoms with E-state index in [4.69, 9.17) is 0 Å². The Bertz CT molecular complexity index is 459. The van der Waals surface area contributed by atoms with Crippen LogP contribution in [0.25, 0.3) is 0 Å². The molecule has 0 radical (unpaired) electrons. The van der Waals surface area contributed by atoms with Crippen LogP contribution in [0, 0.1) is 5.92 Å². The van der Waals surface area contributed by atoms with E-state index in [1.54, 1.807) is 24.3 Å². The molecule has 4 nitrogen and oxygen atoms in total. The lowest BCUT2D eigenvalue weighted by atomic mass is 10.1. The van der Waals surface area contributed by atoms with Gasteiger partial charge in [0, 0.05) is 13.1 Å². The van der Waals surface area contributed by atoms with Crippen molar-refractivity contribution in [3.8, 4) is 0 Å². The highest BCUT2D eigenvalue weighted by Gasteiger charge is 2.27. The average molecular weight is 318 g/mol. The molecule has 124 valence electrons. The van der Waals surface area contributed by atoms with Crippen molar-refractivity contribution in [3.05, 3.63) is 35.4 Å². The minimum absolute atomic E-state index is 0.0951. The molecule has 0 aliphatic rings. The van der Waals surface area contributed by atoms with Crippen LogP contribution in [0.4, 0.5) is 18.0 Å². The first-order valence-corrected chi connectivity index (χ1v) is 7.00. The van der Waals surface area contributed by atoms with Gasteiger partial charge in [-0.2, -0.15) is 13.2 Å². The molecule has 1 rings (SSSR count). The number of hydrogen-bond acceptors (Lipinski definition) is 2. The number of nitrogens with one attached hydrogen (secondary N) is 2. The van der Waals surface area contributed by atoms with E-state index in [-0.39, 0.29) is 12.6 Å². The fraction of sp³-hybridized carbons (Fsp3) is 0.533. The second-order valence-electron chi connectivity index (χ2n) is 5.38. The van der Waals surface area contributed by atoms with E-state index in [1.807, 2.05) is 13.8 Å². The molecule has 0 unspecified atom stereocenters. The van der Waals surface area contributed by atoms with Gasteiger partial charge in [-0.25, -0.2) is 4.79 Å². The molecule has 2 amide bonds. The number of halogens is 3. The van der Waals surface area contributed by atoms with Crippen LogP contribution < -0.4 is 10.6 Å². The van der Waals surface area contributed by atoms with Gasteiger partial charge in [-0.1, -0.05) is 38.1 Å². The summed E-state index contributed by atoms with van der Waals surface area (Å²) < 4.78 is 40.4. The maximum atomic E-state index is 11.9. The minimum Gasteiger partial charge on any atom is -0.367 e. The van der Waals surface area contributed by atoms with Crippen LogP contribution in [0.3, 0.4) is 0 Å². The number of hydrogen-bond donors (Lipinski definition) is 2. The number of rotatable bonds is 7. The topological polar surface area (TPSA) is 50.4 Å². The molecule has 0 bridgehead atoms. The van der Waals surface area contributed by atoms with Crippen LogP contribution in [0.2, 0.25) is 0 Å². The quantitative estimate of drug-likeness (QED) is 0.811. The summed E-state index contributed by atoms with van der Waals surface area (Å²) in [5.41, 5.74) is 1.51. The summed E-state index contributed by atoms with van der Waals surface area (Å²) in [4.78, 5) is 11.5. The van der Waals surface area contributed by atoms with Crippen LogP contribution in [-0.4, -0.2) is 25.4 Å². The van der Waals surface area contributed by atoms with Gasteiger partial charge in [0.25, 0.3) is 0 Å². The molecule has 0 spiro atoms. The molecule has 1 aromatic rings. The maximum absolute atomic E-state index is 11.9. The Morgan fingerprint density at radius 1 is 1.14 bits per heavy atom. The second-order valence-corrected chi connectivity index (χ2v) is 5.38. The number of carbonyl (C=O) groups excluding carboxylic acids is 1. The van der Waals surface area contributed by atoms with E-state index < -0.39 is 12.8 Å². The number of alkyl halides is 3. The SMILES string of the molecule is CC(C)CNC(=O)NCc1ccc(COCC(F)(F)F)cc1. The van der Waals surface area contributed by atoms with Crippen molar-refractivity contribution in [1.29, 1.82) is 0 Å². The fourth-order valence-corrected chi connectivity index (χ4v) is 1.58. The molecule has 0 saturated carbocycles. The Balaban J connectivity index is 2.31. The largest absolute Gasteiger partial charge is 0.411 e. The van der Waals surface area contributed by atoms with Gasteiger partial charge in [-0.3, -0.25) is 0 Å². The molecule has 2 N–H and O–H groups in total. The summed E-state index contributed by atoms with van der Waals surface area (Å²) in [7, 11) is 0. The first kappa shape index (κ1) is 18.3. The third kappa shape index (κ3) is 8.51. The van der Waals surface area contributed by atoms with Gasteiger partial charge in [-0.05, 0) is 17.0 Å². The molecular formula is C15H21F3N2O2. The van der Waals surface area contributed by atoms with E-state index in [1.165, 1.54) is 0 Å². The van der Waals surface area contributed by atoms with Crippen molar-refractivity contribution in [2.45, 2.75) is 33.2 Å². The van der Waals surface area contributed by atoms with Crippen LogP contribution in [-0.2, 0) is 17.9 Å². The van der Waals surface area contributed by atoms with Crippen LogP contribution in [0.5, 0.6) is 0 Å². The summed E-state index contributed by atoms with van der Waals surface area (Å²) in [6.45, 7) is 3.60. The zero-order valence-electron chi connectivity index (χ0n) is 12.7. The highest BCUT2D eigenvalue weighted by molar-refractivity contribution is 5.73. The molecule has 0 aromatic heterocycles. The molecule has 0 saturated heterocycles. The number of amides is 2. The normalized spacial score (nSPS) is 11.5. The summed E-state index contributed by atoms with van der Waals surface area (Å²) in [6, 6.07) is 6.61. The van der Waals surface area contributed by atoms with Crippen LogP contribution in [0.1, 0.15) is 25.0 Å². The van der Waals surface area contributed by atoms with Gasteiger partial charge in [0.1, 0.15) is 6.61 Å². The van der Waals surface area contributed by atoms with E-state index in [2.05, 4.69) is 15.4 Å². The van der Waals surface area contributed by atoms with Crippen molar-refractivity contribution in [2.24, 2.45) is 5.92 Å². The lowest BCUT2D eigenvalue weighted by molar-refractivity contribution is -0.176. The van der Waals surface area contributed by atoms with Gasteiger partial charge in [-0.15, -0.1) is 0 Å². The predicted molar refractivity (Wildman–Crippen MR) is 77.2 cm³/mol. The van der Waals surface area contributed by atoms with E-state index in [0.717, 1.165) is 5.56 Å². The molecule has 7 heteroatoms. The molecule has 0 fully saturated rings. The second kappa shape index (κ2) is 8.63. The van der Waals surface area contributed by atoms with Gasteiger partial charge in [0.05, 0.1) is 6.61 Å². The highest BCUT2D eigenvalue weighted by atomic mass is 19.4. The molecular weight excluding hydrogens is 297 g/mol. The van der Waals surface area contributed by atoms with Gasteiger partial charge >= 0.3 is 12.2 Å². The highest BCUT2D eigenvalue weighted by Crippen LogP contribution is 2.15. The number of benzene rings is 1. The first-order chi connectivity index (χ1) is 10.3. The standard InChI is InChI=1S/C15H21F3N2O2/c1-11(2)7-19-14(21)20-8-12-3-5-13(6-4-12)9-22-10-15(16,17)18/h3-6,11H,7-10H2,1-2H3,(H2,19,20,21). The zero-order chi connectivity index (χ0) is 16.6. The van der Waals surface area contributed by atoms with E-state index in [0.29, 0.717) is 24.6 Å². The number of ether oxygens (including phenoxy) is 1. The number of urea groups is 1. The lowest BCUT2D eigenvalue weighted by Gasteiger charge is -2.10. The minimum atomic E-state index is -4.31. The maximum Gasteiger partial charge on any atom is 0.411 e. The molecule has 1 aromatic carbocycles. The van der Waals surface area contributed by atoms with E-state index >= 15 is 0 Å². The molecule has 22 heavy (non-hydrogen) atoms. The monoisotopic (exact) mass is 318 g/mol. The Hall–Kier alpha value is -1.76. The van der Waals surface area contributed by atoms with Crippen LogP contribution in [0.15, 0.2) is 24.3 Å². The zero-order valence-corrected chi connectivity index (χ0v) is 12.7. The Labute approximate surface area is 128 Å². The van der Waals surface area contributed by atoms with Crippen molar-refractivity contribution < 1.29 is 22.7 Å². The Kier molecular flexibility index (Phi) is 7.17. The van der Waals surface area contributed by atoms with Crippen molar-refractivity contribution in [1.82, 2.24) is 10.6 Å². The smallest absolute Gasteiger partial charge is 0.367 e. The van der Waals surface area contributed by atoms with Gasteiger partial charge < -0.3 is 15.4 Å². The van der Waals surface area contributed by atoms with Gasteiger partial charge in [0.15, 0.2) is 0 Å². The summed E-state index contributed by atoms with van der Waals surface area (Å²) in [5.74, 6) is 0.377. The Morgan fingerprint density at radius 3 is 2.27 bits per heavy atom. The molecule has 0 heterocycles. The predicted octanol–water partition coefficient (Wildman–Crippen LogP) is 3.22. The first-order valence-electron chi connectivity index (χ1n) is 7.00. The third-order valence-electron chi connectivity index (χ3n) is 2.68. The van der Waals surface area contributed by atoms with Crippen LogP contribution >= 0.6 is 0 Å². The van der Waals surface area contributed by atoms with E-state index in [9.17, 15) is 18.0 Å². The fourth-order valence-electron chi connectivity index (χ4n) is 1.58. The average Bonchev–Trinajstić information content (AvgIpc) is 2.43. The Morgan fingerprint density at radius 2 is 1.73 bits per heavy atom. The van der Waals surface area contributed by atoms with Crippen molar-refractivity contribution in [3.63, 3.8) is 0 Å². The summed E-state index contributed by atoms with van der Waals surface area (Å²) in [5, 5.41) is 5.44. The molecule has 0 aliphatic heterocycles.